The Morgan fingerprint density at radius 1 is 0.571 bits per heavy atom. The van der Waals surface area contributed by atoms with Crippen molar-refractivity contribution in [3.63, 3.8) is 0 Å². The van der Waals surface area contributed by atoms with Gasteiger partial charge in [-0.15, -0.1) is 0 Å². The molecule has 0 aromatic carbocycles. The van der Waals surface area contributed by atoms with Crippen LogP contribution in [0.2, 0.25) is 0 Å². The molecule has 0 aliphatic heterocycles. The maximum atomic E-state index is 9.15. The molecule has 0 bridgehead atoms. The van der Waals surface area contributed by atoms with Crippen LogP contribution in [0.3, 0.4) is 0 Å². The fraction of sp³-hybridized carbons (Fsp3) is 1.00. The zero-order valence-electron chi connectivity index (χ0n) is 7.43. The normalized spacial score (nSPS) is 22.5. The van der Waals surface area contributed by atoms with E-state index in [2.05, 4.69) is 0 Å². The van der Waals surface area contributed by atoms with Gasteiger partial charge in [-0.05, 0) is 0 Å². The van der Waals surface area contributed by atoms with E-state index < -0.39 is 43.7 Å². The Hall–Kier alpha value is -0.280. The van der Waals surface area contributed by atoms with E-state index in [1.165, 1.54) is 0 Å². The third-order valence-electron chi connectivity index (χ3n) is 1.86. The third-order valence-corrected chi connectivity index (χ3v) is 1.86. The number of aliphatic hydroxyl groups excluding tert-OH is 7. The molecule has 0 aliphatic carbocycles. The van der Waals surface area contributed by atoms with Gasteiger partial charge in [0.15, 0.2) is 0 Å². The molecular formula is C7H16O7. The Balaban J connectivity index is 4.22. The van der Waals surface area contributed by atoms with Crippen LogP contribution in [0.5, 0.6) is 0 Å². The Kier molecular flexibility index (Phi) is 6.12. The monoisotopic (exact) mass is 212 g/mol. The smallest absolute Gasteiger partial charge is 0.111 e. The summed E-state index contributed by atoms with van der Waals surface area (Å²) in [6.07, 6.45) is -8.68. The highest BCUT2D eigenvalue weighted by molar-refractivity contribution is 4.84. The van der Waals surface area contributed by atoms with Crippen LogP contribution in [0.15, 0.2) is 0 Å². The van der Waals surface area contributed by atoms with E-state index in [9.17, 15) is 0 Å². The van der Waals surface area contributed by atoms with Crippen molar-refractivity contribution < 1.29 is 35.7 Å². The molecule has 1 unspecified atom stereocenters. The average Bonchev–Trinajstić information content (AvgIpc) is 2.23. The second kappa shape index (κ2) is 6.25. The molecule has 0 radical (unpaired) electrons. The zero-order valence-corrected chi connectivity index (χ0v) is 7.43. The van der Waals surface area contributed by atoms with Crippen molar-refractivity contribution in [2.45, 2.75) is 30.5 Å². The standard InChI is InChI=1S/C7H16O7/c8-1-3(10)5(12)7(14)6(13)4(11)2-9/h3-14H,1-2H2/t3-,4+,5-,6-,7?/m0/s1. The predicted octanol–water partition coefficient (Wildman–Crippen LogP) is -4.22. The van der Waals surface area contributed by atoms with Crippen molar-refractivity contribution in [2.24, 2.45) is 0 Å². The Labute approximate surface area is 80.5 Å². The van der Waals surface area contributed by atoms with E-state index in [4.69, 9.17) is 35.7 Å². The van der Waals surface area contributed by atoms with Gasteiger partial charge in [0, 0.05) is 0 Å². The maximum Gasteiger partial charge on any atom is 0.111 e. The van der Waals surface area contributed by atoms with Crippen LogP contribution < -0.4 is 0 Å². The lowest BCUT2D eigenvalue weighted by Gasteiger charge is -2.27. The largest absolute Gasteiger partial charge is 0.394 e. The topological polar surface area (TPSA) is 142 Å². The number of aliphatic hydroxyl groups is 7. The summed E-state index contributed by atoms with van der Waals surface area (Å²) < 4.78 is 0. The van der Waals surface area contributed by atoms with Gasteiger partial charge >= 0.3 is 0 Å². The molecule has 0 saturated carbocycles. The average molecular weight is 212 g/mol. The van der Waals surface area contributed by atoms with E-state index in [1.54, 1.807) is 0 Å². The summed E-state index contributed by atoms with van der Waals surface area (Å²) in [6, 6.07) is 0. The van der Waals surface area contributed by atoms with Gasteiger partial charge < -0.3 is 35.7 Å². The Morgan fingerprint density at radius 2 is 0.857 bits per heavy atom. The number of hydrogen-bond donors (Lipinski definition) is 7. The van der Waals surface area contributed by atoms with Crippen molar-refractivity contribution in [3.8, 4) is 0 Å². The van der Waals surface area contributed by atoms with Crippen molar-refractivity contribution in [2.75, 3.05) is 13.2 Å². The van der Waals surface area contributed by atoms with Crippen molar-refractivity contribution >= 4 is 0 Å². The molecule has 7 nitrogen and oxygen atoms in total. The van der Waals surface area contributed by atoms with Crippen LogP contribution in [0.25, 0.3) is 0 Å². The second-order valence-corrected chi connectivity index (χ2v) is 2.97. The minimum atomic E-state index is -1.85. The molecule has 5 atom stereocenters. The fourth-order valence-corrected chi connectivity index (χ4v) is 0.873. The van der Waals surface area contributed by atoms with Crippen molar-refractivity contribution in [3.05, 3.63) is 0 Å². The molecule has 0 saturated heterocycles. The first kappa shape index (κ1) is 13.7. The van der Waals surface area contributed by atoms with Gasteiger partial charge in [0.25, 0.3) is 0 Å². The molecule has 0 heterocycles. The lowest BCUT2D eigenvalue weighted by atomic mass is 10.00. The number of hydrogen-bond acceptors (Lipinski definition) is 7. The summed E-state index contributed by atoms with van der Waals surface area (Å²) in [5.41, 5.74) is 0. The van der Waals surface area contributed by atoms with Crippen LogP contribution in [-0.4, -0.2) is 79.5 Å². The molecular weight excluding hydrogens is 196 g/mol. The third kappa shape index (κ3) is 3.46. The predicted molar refractivity (Wildman–Crippen MR) is 44.2 cm³/mol. The first-order chi connectivity index (χ1) is 6.45. The highest BCUT2D eigenvalue weighted by atomic mass is 16.4. The van der Waals surface area contributed by atoms with Gasteiger partial charge in [0.05, 0.1) is 13.2 Å². The SMILES string of the molecule is OC[C@@H](O)[C@H](O)C(O)[C@@H](O)[C@@H](O)CO. The summed E-state index contributed by atoms with van der Waals surface area (Å²) in [5.74, 6) is 0. The van der Waals surface area contributed by atoms with Gasteiger partial charge in [0.2, 0.25) is 0 Å². The molecule has 14 heavy (non-hydrogen) atoms. The summed E-state index contributed by atoms with van der Waals surface area (Å²) in [6.45, 7) is -1.58. The molecule has 0 spiro atoms. The van der Waals surface area contributed by atoms with Gasteiger partial charge in [-0.2, -0.15) is 0 Å². The number of rotatable bonds is 6. The second-order valence-electron chi connectivity index (χ2n) is 2.97. The highest BCUT2D eigenvalue weighted by Crippen LogP contribution is 2.07. The maximum absolute atomic E-state index is 9.15. The quantitative estimate of drug-likeness (QED) is 0.236. The Morgan fingerprint density at radius 3 is 1.07 bits per heavy atom. The molecule has 7 N–H and O–H groups in total. The van der Waals surface area contributed by atoms with Crippen molar-refractivity contribution in [1.82, 2.24) is 0 Å². The zero-order chi connectivity index (χ0) is 11.3. The molecule has 0 rings (SSSR count). The summed E-state index contributed by atoms with van der Waals surface area (Å²) in [7, 11) is 0. The lowest BCUT2D eigenvalue weighted by molar-refractivity contribution is -0.145. The minimum absolute atomic E-state index is 0.792. The van der Waals surface area contributed by atoms with E-state index in [0.29, 0.717) is 0 Å². The summed E-state index contributed by atoms with van der Waals surface area (Å²) in [4.78, 5) is 0. The molecule has 0 aromatic rings. The fourth-order valence-electron chi connectivity index (χ4n) is 0.873. The van der Waals surface area contributed by atoms with Crippen LogP contribution in [0.4, 0.5) is 0 Å². The Bertz CT molecular complexity index is 137. The minimum Gasteiger partial charge on any atom is -0.394 e. The molecule has 86 valence electrons. The highest BCUT2D eigenvalue weighted by Gasteiger charge is 2.33. The van der Waals surface area contributed by atoms with Gasteiger partial charge in [-0.3, -0.25) is 0 Å². The van der Waals surface area contributed by atoms with E-state index >= 15 is 0 Å². The van der Waals surface area contributed by atoms with Gasteiger partial charge in [0.1, 0.15) is 30.5 Å². The van der Waals surface area contributed by atoms with Crippen LogP contribution in [0.1, 0.15) is 0 Å². The molecule has 0 aromatic heterocycles. The van der Waals surface area contributed by atoms with E-state index in [0.717, 1.165) is 0 Å². The van der Waals surface area contributed by atoms with Gasteiger partial charge in [-0.25, -0.2) is 0 Å². The van der Waals surface area contributed by atoms with Crippen molar-refractivity contribution in [1.29, 1.82) is 0 Å². The van der Waals surface area contributed by atoms with E-state index in [1.807, 2.05) is 0 Å². The summed E-state index contributed by atoms with van der Waals surface area (Å²) >= 11 is 0. The first-order valence-electron chi connectivity index (χ1n) is 4.07. The summed E-state index contributed by atoms with van der Waals surface area (Å²) in [5, 5.41) is 61.9. The van der Waals surface area contributed by atoms with Crippen LogP contribution >= 0.6 is 0 Å². The van der Waals surface area contributed by atoms with Crippen LogP contribution in [-0.2, 0) is 0 Å². The van der Waals surface area contributed by atoms with Crippen LogP contribution in [0, 0.1) is 0 Å². The molecule has 0 aliphatic rings. The van der Waals surface area contributed by atoms with Gasteiger partial charge in [-0.1, -0.05) is 0 Å². The first-order valence-corrected chi connectivity index (χ1v) is 4.07. The van der Waals surface area contributed by atoms with E-state index in [-0.39, 0.29) is 0 Å². The molecule has 7 heteroatoms. The molecule has 0 fully saturated rings. The molecule has 0 amide bonds. The lowest BCUT2D eigenvalue weighted by Crippen LogP contribution is -2.50.